The summed E-state index contributed by atoms with van der Waals surface area (Å²) in [6, 6.07) is 15.7. The quantitative estimate of drug-likeness (QED) is 0.426. The average molecular weight is 438 g/mol. The highest BCUT2D eigenvalue weighted by Crippen LogP contribution is 2.25. The third-order valence-corrected chi connectivity index (χ3v) is 6.04. The van der Waals surface area contributed by atoms with Crippen molar-refractivity contribution in [2.45, 2.75) is 38.0 Å². The van der Waals surface area contributed by atoms with E-state index in [0.29, 0.717) is 17.0 Å². The minimum absolute atomic E-state index is 0.0780. The number of nitrogens with zero attached hydrogens (tertiary/aromatic N) is 1. The van der Waals surface area contributed by atoms with Crippen LogP contribution in [0.4, 0.5) is 11.5 Å². The van der Waals surface area contributed by atoms with Gasteiger partial charge in [0.05, 0.1) is 10.4 Å². The fourth-order valence-electron chi connectivity index (χ4n) is 3.07. The molecule has 0 atom stereocenters. The Morgan fingerprint density at radius 1 is 1.06 bits per heavy atom. The van der Waals surface area contributed by atoms with E-state index in [1.54, 1.807) is 37.3 Å². The molecule has 1 heterocycles. The number of hydrogen-bond acceptors (Lipinski definition) is 6. The molecule has 0 aliphatic carbocycles. The van der Waals surface area contributed by atoms with Crippen LogP contribution in [0.1, 0.15) is 33.3 Å². The van der Waals surface area contributed by atoms with E-state index in [1.165, 1.54) is 6.08 Å². The van der Waals surface area contributed by atoms with Gasteiger partial charge in [0.15, 0.2) is 0 Å². The molecule has 5 N–H and O–H groups in total. The number of nitrogens with one attached hydrogen (secondary N) is 3. The Bertz CT molecular complexity index is 1260. The molecule has 162 valence electrons. The molecule has 7 nitrogen and oxygen atoms in total. The summed E-state index contributed by atoms with van der Waals surface area (Å²) >= 11 is 0. The molecule has 0 unspecified atom stereocenters. The number of nitrogen functional groups attached to an aromatic ring is 1. The summed E-state index contributed by atoms with van der Waals surface area (Å²) in [7, 11) is -3.86. The van der Waals surface area contributed by atoms with Gasteiger partial charge in [-0.1, -0.05) is 39.0 Å². The van der Waals surface area contributed by atoms with Crippen LogP contribution in [0.2, 0.25) is 0 Å². The van der Waals surface area contributed by atoms with Crippen molar-refractivity contribution >= 4 is 38.1 Å². The van der Waals surface area contributed by atoms with Crippen molar-refractivity contribution in [2.24, 2.45) is 0 Å². The number of pyridine rings is 1. The van der Waals surface area contributed by atoms with Gasteiger partial charge >= 0.3 is 0 Å². The second kappa shape index (κ2) is 8.39. The fraction of sp³-hybridized carbons (Fsp3) is 0.217. The molecule has 2 aromatic carbocycles. The van der Waals surface area contributed by atoms with E-state index in [-0.39, 0.29) is 21.8 Å². The zero-order valence-electron chi connectivity index (χ0n) is 18.0. The standard InChI is InChI=1S/C23H27N5O2S/c1-15(24)14-22(27-20-7-5-6-19-18(20)12-13-21(25)26-19)28-31(29,30)17-10-8-16(9-11-17)23(2,3)4/h5-14,24,27-28H,1-4H3,(H2,25,26)/b22-14+,24-15?. The zero-order chi connectivity index (χ0) is 22.8. The van der Waals surface area contributed by atoms with Crippen LogP contribution in [0.5, 0.6) is 0 Å². The summed E-state index contributed by atoms with van der Waals surface area (Å²) in [4.78, 5) is 4.43. The van der Waals surface area contributed by atoms with Crippen LogP contribution in [0.15, 0.2) is 71.4 Å². The van der Waals surface area contributed by atoms with Gasteiger partial charge in [-0.05, 0) is 60.4 Å². The number of rotatable bonds is 6. The molecule has 0 saturated heterocycles. The summed E-state index contributed by atoms with van der Waals surface area (Å²) in [5.41, 5.74) is 8.24. The van der Waals surface area contributed by atoms with Crippen LogP contribution in [-0.4, -0.2) is 19.1 Å². The molecular weight excluding hydrogens is 410 g/mol. The summed E-state index contributed by atoms with van der Waals surface area (Å²) < 4.78 is 28.5. The molecule has 0 aliphatic rings. The molecule has 0 fully saturated rings. The summed E-state index contributed by atoms with van der Waals surface area (Å²) in [5, 5.41) is 11.7. The number of nitrogens with two attached hydrogens (primary N) is 1. The predicted molar refractivity (Wildman–Crippen MR) is 127 cm³/mol. The van der Waals surface area contributed by atoms with Crippen molar-refractivity contribution in [1.82, 2.24) is 9.71 Å². The minimum Gasteiger partial charge on any atom is -0.384 e. The third kappa shape index (κ3) is 5.40. The lowest BCUT2D eigenvalue weighted by Gasteiger charge is -2.20. The Balaban J connectivity index is 1.93. The van der Waals surface area contributed by atoms with Crippen LogP contribution in [0.25, 0.3) is 10.9 Å². The van der Waals surface area contributed by atoms with Crippen LogP contribution in [-0.2, 0) is 15.4 Å². The molecular formula is C23H27N5O2S. The first kappa shape index (κ1) is 22.3. The third-order valence-electron chi connectivity index (χ3n) is 4.66. The van der Waals surface area contributed by atoms with Gasteiger partial charge in [-0.25, -0.2) is 13.4 Å². The number of allylic oxidation sites excluding steroid dienone is 1. The number of aromatic nitrogens is 1. The van der Waals surface area contributed by atoms with Gasteiger partial charge in [0.2, 0.25) is 0 Å². The summed E-state index contributed by atoms with van der Waals surface area (Å²) in [6.07, 6.45) is 1.42. The SMILES string of the molecule is CC(=N)/C=C(\Nc1cccc2nc(N)ccc12)NS(=O)(=O)c1ccc(C(C)(C)C)cc1. The van der Waals surface area contributed by atoms with E-state index in [9.17, 15) is 8.42 Å². The van der Waals surface area contributed by atoms with Crippen LogP contribution in [0, 0.1) is 5.41 Å². The molecule has 1 aromatic heterocycles. The minimum atomic E-state index is -3.86. The maximum atomic E-state index is 13.0. The van der Waals surface area contributed by atoms with Gasteiger partial charge in [-0.2, -0.15) is 0 Å². The topological polar surface area (TPSA) is 121 Å². The Morgan fingerprint density at radius 2 is 1.74 bits per heavy atom. The smallest absolute Gasteiger partial charge is 0.262 e. The fourth-order valence-corrected chi connectivity index (χ4v) is 4.08. The van der Waals surface area contributed by atoms with Crippen LogP contribution < -0.4 is 15.8 Å². The molecule has 0 aliphatic heterocycles. The molecule has 3 aromatic rings. The Hall–Kier alpha value is -3.39. The molecule has 31 heavy (non-hydrogen) atoms. The molecule has 8 heteroatoms. The van der Waals surface area contributed by atoms with Gasteiger partial charge in [0.1, 0.15) is 11.6 Å². The maximum Gasteiger partial charge on any atom is 0.262 e. The first-order chi connectivity index (χ1) is 14.5. The van der Waals surface area contributed by atoms with Crippen molar-refractivity contribution in [2.75, 3.05) is 11.1 Å². The zero-order valence-corrected chi connectivity index (χ0v) is 18.8. The highest BCUT2D eigenvalue weighted by molar-refractivity contribution is 7.89. The molecule has 3 rings (SSSR count). The normalized spacial score (nSPS) is 12.6. The summed E-state index contributed by atoms with van der Waals surface area (Å²) in [6.45, 7) is 7.77. The average Bonchev–Trinajstić information content (AvgIpc) is 2.66. The Kier molecular flexibility index (Phi) is 6.03. The lowest BCUT2D eigenvalue weighted by Crippen LogP contribution is -2.28. The van der Waals surface area contributed by atoms with Gasteiger partial charge in [0, 0.05) is 16.8 Å². The van der Waals surface area contributed by atoms with Gasteiger partial charge < -0.3 is 16.5 Å². The molecule has 0 spiro atoms. The van der Waals surface area contributed by atoms with E-state index in [0.717, 1.165) is 10.9 Å². The molecule has 0 bridgehead atoms. The second-order valence-electron chi connectivity index (χ2n) is 8.35. The van der Waals surface area contributed by atoms with Crippen LogP contribution >= 0.6 is 0 Å². The largest absolute Gasteiger partial charge is 0.384 e. The van der Waals surface area contributed by atoms with Gasteiger partial charge in [-0.15, -0.1) is 0 Å². The monoisotopic (exact) mass is 437 g/mol. The number of hydrogen-bond donors (Lipinski definition) is 4. The first-order valence-electron chi connectivity index (χ1n) is 9.78. The van der Waals surface area contributed by atoms with E-state index < -0.39 is 10.0 Å². The van der Waals surface area contributed by atoms with Crippen molar-refractivity contribution < 1.29 is 8.42 Å². The lowest BCUT2D eigenvalue weighted by atomic mass is 9.87. The Morgan fingerprint density at radius 3 is 2.35 bits per heavy atom. The molecule has 0 saturated carbocycles. The van der Waals surface area contributed by atoms with Crippen molar-refractivity contribution in [3.05, 3.63) is 72.1 Å². The summed E-state index contributed by atoms with van der Waals surface area (Å²) in [5.74, 6) is 0.562. The first-order valence-corrected chi connectivity index (χ1v) is 11.3. The van der Waals surface area contributed by atoms with E-state index >= 15 is 0 Å². The lowest BCUT2D eigenvalue weighted by molar-refractivity contribution is 0.583. The van der Waals surface area contributed by atoms with E-state index in [1.807, 2.05) is 24.3 Å². The predicted octanol–water partition coefficient (Wildman–Crippen LogP) is 4.39. The highest BCUT2D eigenvalue weighted by Gasteiger charge is 2.19. The van der Waals surface area contributed by atoms with Gasteiger partial charge in [0.25, 0.3) is 10.0 Å². The molecule has 0 amide bonds. The second-order valence-corrected chi connectivity index (χ2v) is 10.0. The Labute approximate surface area is 183 Å². The van der Waals surface area contributed by atoms with Crippen LogP contribution in [0.3, 0.4) is 0 Å². The highest BCUT2D eigenvalue weighted by atomic mass is 32.2. The number of sulfonamides is 1. The number of benzene rings is 2. The van der Waals surface area contributed by atoms with Crippen molar-refractivity contribution in [1.29, 1.82) is 5.41 Å². The molecule has 0 radical (unpaired) electrons. The number of anilines is 2. The van der Waals surface area contributed by atoms with E-state index in [4.69, 9.17) is 11.1 Å². The van der Waals surface area contributed by atoms with E-state index in [2.05, 4.69) is 35.8 Å². The van der Waals surface area contributed by atoms with Crippen molar-refractivity contribution in [3.8, 4) is 0 Å². The maximum absolute atomic E-state index is 13.0. The van der Waals surface area contributed by atoms with Crippen molar-refractivity contribution in [3.63, 3.8) is 0 Å². The number of fused-ring (bicyclic) bond motifs is 1. The van der Waals surface area contributed by atoms with Gasteiger partial charge in [-0.3, -0.25) is 4.72 Å².